The number of fused-ring (bicyclic) bond motifs is 1. The first-order valence-electron chi connectivity index (χ1n) is 9.51. The van der Waals surface area contributed by atoms with Gasteiger partial charge < -0.3 is 9.84 Å². The largest absolute Gasteiger partial charge is 0.338 e. The third-order valence-corrected chi connectivity index (χ3v) is 4.76. The van der Waals surface area contributed by atoms with E-state index < -0.39 is 0 Å². The number of hydrogen-bond acceptors (Lipinski definition) is 5. The van der Waals surface area contributed by atoms with Crippen LogP contribution >= 0.6 is 0 Å². The smallest absolute Gasteiger partial charge is 0.243 e. The lowest BCUT2D eigenvalue weighted by molar-refractivity contribution is 0.330. The average molecular weight is 375 g/mol. The van der Waals surface area contributed by atoms with Crippen molar-refractivity contribution in [2.24, 2.45) is 0 Å². The fraction of sp³-hybridized carbons (Fsp3) is 0.318. The fourth-order valence-electron chi connectivity index (χ4n) is 3.01. The van der Waals surface area contributed by atoms with Gasteiger partial charge in [0.25, 0.3) is 0 Å². The minimum absolute atomic E-state index is 0.0131. The minimum atomic E-state index is -0.116. The van der Waals surface area contributed by atoms with Crippen molar-refractivity contribution in [1.82, 2.24) is 25.0 Å². The molecule has 2 heterocycles. The second-order valence-electron chi connectivity index (χ2n) is 8.08. The van der Waals surface area contributed by atoms with Crippen LogP contribution in [0.4, 0.5) is 0 Å². The number of benzene rings is 2. The first-order valence-corrected chi connectivity index (χ1v) is 9.51. The molecule has 6 nitrogen and oxygen atoms in total. The number of imidazole rings is 1. The summed E-state index contributed by atoms with van der Waals surface area (Å²) in [6, 6.07) is 16.6. The molecule has 1 N–H and O–H groups in total. The highest BCUT2D eigenvalue weighted by Crippen LogP contribution is 2.21. The molecule has 144 valence electrons. The van der Waals surface area contributed by atoms with Crippen LogP contribution in [0.25, 0.3) is 16.7 Å². The average Bonchev–Trinajstić information content (AvgIpc) is 3.34. The van der Waals surface area contributed by atoms with E-state index in [1.807, 2.05) is 31.5 Å². The maximum absolute atomic E-state index is 5.42. The third-order valence-electron chi connectivity index (χ3n) is 4.76. The van der Waals surface area contributed by atoms with Crippen LogP contribution in [0, 0.1) is 0 Å². The number of aromatic nitrogens is 4. The van der Waals surface area contributed by atoms with Crippen LogP contribution in [-0.2, 0) is 12.0 Å². The zero-order valence-corrected chi connectivity index (χ0v) is 16.7. The number of rotatable bonds is 5. The normalized spacial score (nSPS) is 13.1. The molecular formula is C22H25N5O. The van der Waals surface area contributed by atoms with Crippen molar-refractivity contribution >= 4 is 11.0 Å². The fourth-order valence-corrected chi connectivity index (χ4v) is 3.01. The summed E-state index contributed by atoms with van der Waals surface area (Å²) in [4.78, 5) is 8.98. The van der Waals surface area contributed by atoms with E-state index in [9.17, 15) is 0 Å². The van der Waals surface area contributed by atoms with Crippen LogP contribution < -0.4 is 5.32 Å². The molecule has 4 rings (SSSR count). The van der Waals surface area contributed by atoms with Gasteiger partial charge in [-0.25, -0.2) is 4.98 Å². The van der Waals surface area contributed by atoms with Crippen LogP contribution in [-0.4, -0.2) is 19.7 Å². The molecule has 0 bridgehead atoms. The van der Waals surface area contributed by atoms with E-state index in [4.69, 9.17) is 4.52 Å². The minimum Gasteiger partial charge on any atom is -0.338 e. The molecule has 0 aliphatic heterocycles. The molecule has 0 saturated heterocycles. The highest BCUT2D eigenvalue weighted by molar-refractivity contribution is 5.77. The van der Waals surface area contributed by atoms with Crippen LogP contribution in [0.2, 0.25) is 0 Å². The van der Waals surface area contributed by atoms with Gasteiger partial charge in [-0.2, -0.15) is 4.98 Å². The van der Waals surface area contributed by atoms with E-state index in [1.165, 1.54) is 5.56 Å². The molecule has 0 amide bonds. The zero-order chi connectivity index (χ0) is 19.7. The van der Waals surface area contributed by atoms with Crippen molar-refractivity contribution in [1.29, 1.82) is 0 Å². The summed E-state index contributed by atoms with van der Waals surface area (Å²) in [6.45, 7) is 8.98. The molecular weight excluding hydrogens is 350 g/mol. The second kappa shape index (κ2) is 7.20. The SMILES string of the molecule is CC(NCc1ccc(-n2cnc3ccccc32)cc1)c1nc(C(C)(C)C)no1. The Morgan fingerprint density at radius 3 is 2.54 bits per heavy atom. The summed E-state index contributed by atoms with van der Waals surface area (Å²) in [5, 5.41) is 7.54. The van der Waals surface area contributed by atoms with Crippen molar-refractivity contribution in [3.8, 4) is 5.69 Å². The van der Waals surface area contributed by atoms with Gasteiger partial charge in [-0.3, -0.25) is 4.57 Å². The first kappa shape index (κ1) is 18.4. The molecule has 2 aromatic heterocycles. The third kappa shape index (κ3) is 3.68. The van der Waals surface area contributed by atoms with Crippen LogP contribution in [0.3, 0.4) is 0 Å². The molecule has 0 spiro atoms. The Hall–Kier alpha value is -2.99. The number of hydrogen-bond donors (Lipinski definition) is 1. The molecule has 1 atom stereocenters. The van der Waals surface area contributed by atoms with Crippen LogP contribution in [0.15, 0.2) is 59.4 Å². The zero-order valence-electron chi connectivity index (χ0n) is 16.7. The lowest BCUT2D eigenvalue weighted by atomic mass is 9.96. The van der Waals surface area contributed by atoms with Crippen molar-refractivity contribution in [2.45, 2.75) is 45.7 Å². The highest BCUT2D eigenvalue weighted by Gasteiger charge is 2.22. The van der Waals surface area contributed by atoms with E-state index in [0.29, 0.717) is 5.89 Å². The van der Waals surface area contributed by atoms with Crippen molar-refractivity contribution < 1.29 is 4.52 Å². The van der Waals surface area contributed by atoms with Gasteiger partial charge in [0.05, 0.1) is 17.1 Å². The van der Waals surface area contributed by atoms with Crippen LogP contribution in [0.5, 0.6) is 0 Å². The lowest BCUT2D eigenvalue weighted by Gasteiger charge is -2.12. The predicted molar refractivity (Wildman–Crippen MR) is 109 cm³/mol. The van der Waals surface area contributed by atoms with Gasteiger partial charge >= 0.3 is 0 Å². The van der Waals surface area contributed by atoms with Gasteiger partial charge in [0.15, 0.2) is 5.82 Å². The van der Waals surface area contributed by atoms with E-state index in [-0.39, 0.29) is 11.5 Å². The number of para-hydroxylation sites is 2. The quantitative estimate of drug-likeness (QED) is 0.554. The summed E-state index contributed by atoms with van der Waals surface area (Å²) in [5.74, 6) is 1.35. The van der Waals surface area contributed by atoms with E-state index in [2.05, 4.69) is 76.1 Å². The van der Waals surface area contributed by atoms with Gasteiger partial charge in [-0.05, 0) is 36.8 Å². The van der Waals surface area contributed by atoms with E-state index in [0.717, 1.165) is 29.1 Å². The summed E-state index contributed by atoms with van der Waals surface area (Å²) in [5.41, 5.74) is 4.27. The molecule has 0 fully saturated rings. The van der Waals surface area contributed by atoms with Gasteiger partial charge in [-0.15, -0.1) is 0 Å². The second-order valence-corrected chi connectivity index (χ2v) is 8.08. The van der Waals surface area contributed by atoms with Crippen molar-refractivity contribution in [3.63, 3.8) is 0 Å². The Balaban J connectivity index is 1.43. The Morgan fingerprint density at radius 2 is 1.82 bits per heavy atom. The summed E-state index contributed by atoms with van der Waals surface area (Å²) in [6.07, 6.45) is 1.86. The number of nitrogens with one attached hydrogen (secondary N) is 1. The summed E-state index contributed by atoms with van der Waals surface area (Å²) < 4.78 is 7.52. The standard InChI is InChI=1S/C22H25N5O/c1-15(20-25-21(26-28-20)22(2,3)4)23-13-16-9-11-17(12-10-16)27-14-24-18-7-5-6-8-19(18)27/h5-12,14-15,23H,13H2,1-4H3. The molecule has 0 radical (unpaired) electrons. The monoisotopic (exact) mass is 375 g/mol. The Labute approximate surface area is 164 Å². The van der Waals surface area contributed by atoms with Crippen molar-refractivity contribution in [3.05, 3.63) is 72.1 Å². The Bertz CT molecular complexity index is 1070. The Kier molecular flexibility index (Phi) is 4.73. The molecule has 4 aromatic rings. The predicted octanol–water partition coefficient (Wildman–Crippen LogP) is 4.56. The van der Waals surface area contributed by atoms with Gasteiger partial charge in [0.1, 0.15) is 6.33 Å². The van der Waals surface area contributed by atoms with Gasteiger partial charge in [0.2, 0.25) is 5.89 Å². The highest BCUT2D eigenvalue weighted by atomic mass is 16.5. The summed E-state index contributed by atoms with van der Waals surface area (Å²) in [7, 11) is 0. The van der Waals surface area contributed by atoms with Gasteiger partial charge in [0, 0.05) is 17.6 Å². The van der Waals surface area contributed by atoms with Crippen LogP contribution in [0.1, 0.15) is 51.0 Å². The maximum atomic E-state index is 5.42. The Morgan fingerprint density at radius 1 is 1.07 bits per heavy atom. The molecule has 6 heteroatoms. The first-order chi connectivity index (χ1) is 13.4. The molecule has 28 heavy (non-hydrogen) atoms. The molecule has 1 unspecified atom stereocenters. The van der Waals surface area contributed by atoms with E-state index in [1.54, 1.807) is 0 Å². The van der Waals surface area contributed by atoms with Gasteiger partial charge in [-0.1, -0.05) is 50.2 Å². The molecule has 0 aliphatic rings. The topological polar surface area (TPSA) is 68.8 Å². The maximum Gasteiger partial charge on any atom is 0.243 e. The molecule has 0 saturated carbocycles. The summed E-state index contributed by atoms with van der Waals surface area (Å²) >= 11 is 0. The molecule has 0 aliphatic carbocycles. The molecule has 2 aromatic carbocycles. The van der Waals surface area contributed by atoms with Crippen molar-refractivity contribution in [2.75, 3.05) is 0 Å². The number of nitrogens with zero attached hydrogens (tertiary/aromatic N) is 4. The van der Waals surface area contributed by atoms with E-state index >= 15 is 0 Å². The lowest BCUT2D eigenvalue weighted by Crippen LogP contribution is -2.19.